The second-order valence-corrected chi connectivity index (χ2v) is 4.55. The minimum atomic E-state index is -0.589. The highest BCUT2D eigenvalue weighted by Crippen LogP contribution is 2.07. The lowest BCUT2D eigenvalue weighted by atomic mass is 10.1. The van der Waals surface area contributed by atoms with Crippen LogP contribution in [0.25, 0.3) is 0 Å². The molecule has 0 aliphatic carbocycles. The number of nitrogens with one attached hydrogen (secondary N) is 2. The van der Waals surface area contributed by atoms with E-state index < -0.39 is 5.91 Å². The molecule has 0 atom stereocenters. The zero-order valence-corrected chi connectivity index (χ0v) is 11.6. The van der Waals surface area contributed by atoms with Gasteiger partial charge in [-0.15, -0.1) is 0 Å². The molecule has 1 heterocycles. The van der Waals surface area contributed by atoms with Gasteiger partial charge in [-0.25, -0.2) is 10.5 Å². The number of nitrogens with zero attached hydrogens (tertiary/aromatic N) is 1. The van der Waals surface area contributed by atoms with Crippen molar-refractivity contribution in [3.63, 3.8) is 0 Å². The Morgan fingerprint density at radius 1 is 1.10 bits per heavy atom. The van der Waals surface area contributed by atoms with Gasteiger partial charge in [-0.1, -0.05) is 29.8 Å². The largest absolute Gasteiger partial charge is 0.347 e. The van der Waals surface area contributed by atoms with Gasteiger partial charge in [0.1, 0.15) is 10.8 Å². The Morgan fingerprint density at radius 2 is 1.81 bits per heavy atom. The van der Waals surface area contributed by atoms with Crippen LogP contribution in [-0.2, 0) is 6.54 Å². The van der Waals surface area contributed by atoms with E-state index in [-0.39, 0.29) is 23.3 Å². The van der Waals surface area contributed by atoms with Crippen molar-refractivity contribution in [2.24, 2.45) is 0 Å². The van der Waals surface area contributed by atoms with Crippen molar-refractivity contribution in [1.82, 2.24) is 15.8 Å². The van der Waals surface area contributed by atoms with E-state index in [1.54, 1.807) is 47.9 Å². The molecule has 1 aromatic carbocycles. The molecule has 0 aliphatic rings. The van der Waals surface area contributed by atoms with Crippen molar-refractivity contribution < 1.29 is 14.8 Å². The fourth-order valence-electron chi connectivity index (χ4n) is 1.65. The molecule has 21 heavy (non-hydrogen) atoms. The molecule has 6 nitrogen and oxygen atoms in total. The number of carbonyl (C=O) groups excluding carboxylic acids is 2. The van der Waals surface area contributed by atoms with Crippen LogP contribution in [0.4, 0.5) is 0 Å². The fourth-order valence-corrected chi connectivity index (χ4v) is 1.81. The normalized spacial score (nSPS) is 10.0. The highest BCUT2D eigenvalue weighted by atomic mass is 35.5. The number of benzene rings is 1. The van der Waals surface area contributed by atoms with Crippen LogP contribution in [0.3, 0.4) is 0 Å². The smallest absolute Gasteiger partial charge is 0.274 e. The van der Waals surface area contributed by atoms with Crippen molar-refractivity contribution in [1.29, 1.82) is 0 Å². The lowest BCUT2D eigenvalue weighted by molar-refractivity contribution is 0.0706. The van der Waals surface area contributed by atoms with Gasteiger partial charge < -0.3 is 5.32 Å². The van der Waals surface area contributed by atoms with Crippen LogP contribution >= 0.6 is 11.6 Å². The molecular weight excluding hydrogens is 294 g/mol. The number of rotatable bonds is 4. The average Bonchev–Trinajstić information content (AvgIpc) is 2.52. The van der Waals surface area contributed by atoms with Gasteiger partial charge in [0.25, 0.3) is 11.8 Å². The first-order chi connectivity index (χ1) is 10.1. The van der Waals surface area contributed by atoms with Gasteiger partial charge in [0.05, 0.1) is 0 Å². The number of pyridine rings is 1. The summed E-state index contributed by atoms with van der Waals surface area (Å²) in [6.45, 7) is 0.286. The lowest BCUT2D eigenvalue weighted by Gasteiger charge is -2.06. The summed E-state index contributed by atoms with van der Waals surface area (Å²) in [6, 6.07) is 11.2. The zero-order chi connectivity index (χ0) is 15.2. The SMILES string of the molecule is O=C(NO)c1ccc(CNC(=O)c2cccc(Cl)n2)cc1. The Labute approximate surface area is 125 Å². The number of hydrogen-bond donors (Lipinski definition) is 3. The third-order valence-corrected chi connectivity index (χ3v) is 2.93. The summed E-state index contributed by atoms with van der Waals surface area (Å²) in [5, 5.41) is 11.5. The summed E-state index contributed by atoms with van der Waals surface area (Å²) in [5.74, 6) is -0.927. The number of carbonyl (C=O) groups is 2. The van der Waals surface area contributed by atoms with Crippen LogP contribution in [0.1, 0.15) is 26.4 Å². The molecule has 1 aromatic heterocycles. The predicted molar refractivity (Wildman–Crippen MR) is 76.1 cm³/mol. The minimum absolute atomic E-state index is 0.235. The van der Waals surface area contributed by atoms with Crippen LogP contribution in [0, 0.1) is 0 Å². The first kappa shape index (κ1) is 15.0. The molecule has 2 rings (SSSR count). The first-order valence-electron chi connectivity index (χ1n) is 6.04. The standard InChI is InChI=1S/C14H12ClN3O3/c15-12-3-1-2-11(17-12)14(20)16-8-9-4-6-10(7-5-9)13(19)18-21/h1-7,21H,8H2,(H,16,20)(H,18,19). The molecular formula is C14H12ClN3O3. The van der Waals surface area contributed by atoms with Crippen LogP contribution in [0.5, 0.6) is 0 Å². The topological polar surface area (TPSA) is 91.3 Å². The second-order valence-electron chi connectivity index (χ2n) is 4.17. The maximum atomic E-state index is 11.9. The van der Waals surface area contributed by atoms with E-state index >= 15 is 0 Å². The van der Waals surface area contributed by atoms with Crippen molar-refractivity contribution in [2.45, 2.75) is 6.54 Å². The summed E-state index contributed by atoms with van der Waals surface area (Å²) < 4.78 is 0. The predicted octanol–water partition coefficient (Wildman–Crippen LogP) is 1.78. The molecule has 0 saturated carbocycles. The number of aromatic nitrogens is 1. The lowest BCUT2D eigenvalue weighted by Crippen LogP contribution is -2.24. The molecule has 0 unspecified atom stereocenters. The van der Waals surface area contributed by atoms with Gasteiger partial charge in [0.2, 0.25) is 0 Å². The molecule has 0 saturated heterocycles. The fraction of sp³-hybridized carbons (Fsp3) is 0.0714. The Bertz CT molecular complexity index is 659. The maximum absolute atomic E-state index is 11.9. The second kappa shape index (κ2) is 6.83. The number of hydrogen-bond acceptors (Lipinski definition) is 4. The quantitative estimate of drug-likeness (QED) is 0.456. The number of amides is 2. The van der Waals surface area contributed by atoms with Crippen molar-refractivity contribution in [3.05, 3.63) is 64.4 Å². The van der Waals surface area contributed by atoms with E-state index in [0.29, 0.717) is 5.56 Å². The summed E-state index contributed by atoms with van der Waals surface area (Å²) in [4.78, 5) is 26.9. The molecule has 108 valence electrons. The average molecular weight is 306 g/mol. The van der Waals surface area contributed by atoms with E-state index in [4.69, 9.17) is 16.8 Å². The summed E-state index contributed by atoms with van der Waals surface area (Å²) in [7, 11) is 0. The molecule has 0 bridgehead atoms. The van der Waals surface area contributed by atoms with E-state index in [1.165, 1.54) is 0 Å². The Balaban J connectivity index is 1.97. The first-order valence-corrected chi connectivity index (χ1v) is 6.42. The van der Waals surface area contributed by atoms with Gasteiger partial charge in [-0.05, 0) is 29.8 Å². The molecule has 0 radical (unpaired) electrons. The van der Waals surface area contributed by atoms with E-state index in [2.05, 4.69) is 10.3 Å². The van der Waals surface area contributed by atoms with Gasteiger partial charge in [-0.2, -0.15) is 0 Å². The minimum Gasteiger partial charge on any atom is -0.347 e. The number of hydroxylamine groups is 1. The van der Waals surface area contributed by atoms with Crippen molar-refractivity contribution >= 4 is 23.4 Å². The van der Waals surface area contributed by atoms with Crippen LogP contribution in [0.2, 0.25) is 5.15 Å². The molecule has 0 aliphatic heterocycles. The van der Waals surface area contributed by atoms with Gasteiger partial charge >= 0.3 is 0 Å². The van der Waals surface area contributed by atoms with Crippen molar-refractivity contribution in [2.75, 3.05) is 0 Å². The van der Waals surface area contributed by atoms with Crippen LogP contribution in [-0.4, -0.2) is 22.0 Å². The maximum Gasteiger partial charge on any atom is 0.274 e. The molecule has 7 heteroatoms. The van der Waals surface area contributed by atoms with E-state index in [1.807, 2.05) is 0 Å². The van der Waals surface area contributed by atoms with Crippen molar-refractivity contribution in [3.8, 4) is 0 Å². The van der Waals surface area contributed by atoms with E-state index in [9.17, 15) is 9.59 Å². The molecule has 0 spiro atoms. The van der Waals surface area contributed by atoms with Gasteiger partial charge in [0, 0.05) is 12.1 Å². The van der Waals surface area contributed by atoms with Crippen LogP contribution in [0.15, 0.2) is 42.5 Å². The summed E-state index contributed by atoms with van der Waals surface area (Å²) in [6.07, 6.45) is 0. The molecule has 2 amide bonds. The monoisotopic (exact) mass is 305 g/mol. The Kier molecular flexibility index (Phi) is 4.86. The Hall–Kier alpha value is -2.44. The highest BCUT2D eigenvalue weighted by Gasteiger charge is 2.08. The van der Waals surface area contributed by atoms with E-state index in [0.717, 1.165) is 5.56 Å². The third kappa shape index (κ3) is 4.01. The molecule has 3 N–H and O–H groups in total. The third-order valence-electron chi connectivity index (χ3n) is 2.72. The van der Waals surface area contributed by atoms with Gasteiger partial charge in [0.15, 0.2) is 0 Å². The summed E-state index contributed by atoms with van der Waals surface area (Å²) in [5.41, 5.74) is 2.91. The van der Waals surface area contributed by atoms with Crippen LogP contribution < -0.4 is 10.8 Å². The molecule has 2 aromatic rings. The highest BCUT2D eigenvalue weighted by molar-refractivity contribution is 6.29. The van der Waals surface area contributed by atoms with Gasteiger partial charge in [-0.3, -0.25) is 14.8 Å². The number of halogens is 1. The Morgan fingerprint density at radius 3 is 2.43 bits per heavy atom. The summed E-state index contributed by atoms with van der Waals surface area (Å²) >= 11 is 5.72. The zero-order valence-electron chi connectivity index (χ0n) is 10.8. The molecule has 0 fully saturated rings.